The number of terminal acetylenes is 1. The minimum Gasteiger partial charge on any atom is -0.411 e. The van der Waals surface area contributed by atoms with E-state index in [4.69, 9.17) is 20.3 Å². The SMILES string of the molecule is C#C[C@](O)(CCCC=C)C[C@H](O[Si](C)(C)C(C)(C)C)[C@@H]1OC(C)(C)O[C@@H]1C=C. The molecule has 5 heteroatoms. The second-order valence-corrected chi connectivity index (χ2v) is 14.5. The molecule has 0 aromatic carbocycles. The number of rotatable bonds is 10. The van der Waals surface area contributed by atoms with Crippen molar-refractivity contribution in [2.75, 3.05) is 0 Å². The summed E-state index contributed by atoms with van der Waals surface area (Å²) in [7, 11) is -2.14. The number of hydrogen-bond donors (Lipinski definition) is 1. The Kier molecular flexibility index (Phi) is 8.33. The Morgan fingerprint density at radius 1 is 1.29 bits per heavy atom. The summed E-state index contributed by atoms with van der Waals surface area (Å²) in [5.74, 6) is 1.86. The second kappa shape index (κ2) is 9.28. The van der Waals surface area contributed by atoms with E-state index in [1.807, 2.05) is 19.9 Å². The van der Waals surface area contributed by atoms with Crippen LogP contribution in [0.1, 0.15) is 60.3 Å². The van der Waals surface area contributed by atoms with E-state index < -0.39 is 25.8 Å². The molecule has 28 heavy (non-hydrogen) atoms. The van der Waals surface area contributed by atoms with E-state index in [-0.39, 0.29) is 17.2 Å². The molecule has 0 radical (unpaired) electrons. The summed E-state index contributed by atoms with van der Waals surface area (Å²) in [6.07, 6.45) is 10.6. The Bertz CT molecular complexity index is 584. The zero-order valence-electron chi connectivity index (χ0n) is 18.9. The average Bonchev–Trinajstić information content (AvgIpc) is 2.88. The number of allylic oxidation sites excluding steroid dienone is 1. The van der Waals surface area contributed by atoms with E-state index in [9.17, 15) is 5.11 Å². The van der Waals surface area contributed by atoms with Crippen LogP contribution in [0.4, 0.5) is 0 Å². The van der Waals surface area contributed by atoms with Crippen LogP contribution in [0.15, 0.2) is 25.3 Å². The summed E-state index contributed by atoms with van der Waals surface area (Å²) in [5.41, 5.74) is -1.27. The summed E-state index contributed by atoms with van der Waals surface area (Å²) >= 11 is 0. The van der Waals surface area contributed by atoms with Crippen molar-refractivity contribution in [3.05, 3.63) is 25.3 Å². The largest absolute Gasteiger partial charge is 0.411 e. The maximum atomic E-state index is 11.1. The van der Waals surface area contributed by atoms with Crippen molar-refractivity contribution in [3.63, 3.8) is 0 Å². The lowest BCUT2D eigenvalue weighted by Crippen LogP contribution is -2.51. The predicted molar refractivity (Wildman–Crippen MR) is 119 cm³/mol. The zero-order valence-corrected chi connectivity index (χ0v) is 19.9. The number of aliphatic hydroxyl groups is 1. The van der Waals surface area contributed by atoms with E-state index in [1.54, 1.807) is 6.08 Å². The molecule has 160 valence electrons. The molecule has 0 unspecified atom stereocenters. The van der Waals surface area contributed by atoms with Gasteiger partial charge in [0, 0.05) is 6.42 Å². The Morgan fingerprint density at radius 2 is 1.89 bits per heavy atom. The monoisotopic (exact) mass is 408 g/mol. The van der Waals surface area contributed by atoms with Crippen molar-refractivity contribution >= 4 is 8.32 Å². The summed E-state index contributed by atoms with van der Waals surface area (Å²) in [5, 5.41) is 11.1. The van der Waals surface area contributed by atoms with Crippen molar-refractivity contribution < 1.29 is 19.0 Å². The fourth-order valence-electron chi connectivity index (χ4n) is 3.17. The first-order valence-electron chi connectivity index (χ1n) is 10.2. The lowest BCUT2D eigenvalue weighted by molar-refractivity contribution is -0.155. The fraction of sp³-hybridized carbons (Fsp3) is 0.739. The van der Waals surface area contributed by atoms with Crippen LogP contribution in [0, 0.1) is 12.3 Å². The summed E-state index contributed by atoms with van der Waals surface area (Å²) < 4.78 is 18.9. The van der Waals surface area contributed by atoms with Crippen molar-refractivity contribution in [2.24, 2.45) is 0 Å². The fourth-order valence-corrected chi connectivity index (χ4v) is 4.50. The molecule has 0 spiro atoms. The van der Waals surface area contributed by atoms with Gasteiger partial charge in [0.15, 0.2) is 14.1 Å². The van der Waals surface area contributed by atoms with Crippen LogP contribution in [-0.2, 0) is 13.9 Å². The van der Waals surface area contributed by atoms with Gasteiger partial charge in [-0.3, -0.25) is 0 Å². The quantitative estimate of drug-likeness (QED) is 0.234. The molecule has 0 bridgehead atoms. The van der Waals surface area contributed by atoms with E-state index in [2.05, 4.69) is 52.9 Å². The third-order valence-electron chi connectivity index (χ3n) is 5.82. The first kappa shape index (κ1) is 25.1. The normalized spacial score (nSPS) is 25.5. The molecule has 0 aromatic heterocycles. The van der Waals surface area contributed by atoms with Crippen molar-refractivity contribution in [2.45, 2.75) is 108 Å². The van der Waals surface area contributed by atoms with Crippen molar-refractivity contribution in [3.8, 4) is 12.3 Å². The maximum absolute atomic E-state index is 11.1. The summed E-state index contributed by atoms with van der Waals surface area (Å²) in [4.78, 5) is 0. The van der Waals surface area contributed by atoms with Crippen LogP contribution in [-0.4, -0.2) is 43.1 Å². The van der Waals surface area contributed by atoms with Gasteiger partial charge in [-0.2, -0.15) is 0 Å². The van der Waals surface area contributed by atoms with Gasteiger partial charge < -0.3 is 19.0 Å². The van der Waals surface area contributed by atoms with Gasteiger partial charge in [-0.05, 0) is 51.2 Å². The molecule has 1 fully saturated rings. The number of unbranched alkanes of at least 4 members (excludes halogenated alkanes) is 1. The van der Waals surface area contributed by atoms with Crippen LogP contribution < -0.4 is 0 Å². The van der Waals surface area contributed by atoms with Crippen molar-refractivity contribution in [1.29, 1.82) is 0 Å². The van der Waals surface area contributed by atoms with Crippen molar-refractivity contribution in [1.82, 2.24) is 0 Å². The highest BCUT2D eigenvalue weighted by molar-refractivity contribution is 6.74. The smallest absolute Gasteiger partial charge is 0.192 e. The molecule has 1 rings (SSSR count). The molecule has 1 saturated heterocycles. The molecule has 1 aliphatic heterocycles. The predicted octanol–water partition coefficient (Wildman–Crippen LogP) is 5.19. The third kappa shape index (κ3) is 6.57. The Hall–Kier alpha value is -0.903. The molecule has 0 saturated carbocycles. The van der Waals surface area contributed by atoms with Crippen LogP contribution in [0.3, 0.4) is 0 Å². The van der Waals surface area contributed by atoms with Gasteiger partial charge in [0.1, 0.15) is 17.8 Å². The zero-order chi connectivity index (χ0) is 21.8. The molecule has 0 amide bonds. The number of ether oxygens (including phenoxy) is 2. The highest BCUT2D eigenvalue weighted by atomic mass is 28.4. The summed E-state index contributed by atoms with van der Waals surface area (Å²) in [6, 6.07) is 0. The molecule has 4 nitrogen and oxygen atoms in total. The molecule has 4 atom stereocenters. The topological polar surface area (TPSA) is 47.9 Å². The van der Waals surface area contributed by atoms with Gasteiger partial charge in [-0.25, -0.2) is 0 Å². The molecule has 1 N–H and O–H groups in total. The first-order valence-corrected chi connectivity index (χ1v) is 13.1. The third-order valence-corrected chi connectivity index (χ3v) is 10.3. The number of hydrogen-bond acceptors (Lipinski definition) is 4. The van der Waals surface area contributed by atoms with Crippen LogP contribution >= 0.6 is 0 Å². The van der Waals surface area contributed by atoms with Gasteiger partial charge >= 0.3 is 0 Å². The minimum atomic E-state index is -2.14. The highest BCUT2D eigenvalue weighted by Crippen LogP contribution is 2.41. The van der Waals surface area contributed by atoms with Crippen LogP contribution in [0.25, 0.3) is 0 Å². The molecule has 1 aliphatic rings. The van der Waals surface area contributed by atoms with E-state index in [1.165, 1.54) is 0 Å². The summed E-state index contributed by atoms with van der Waals surface area (Å²) in [6.45, 7) is 22.4. The molecular formula is C23H40O4Si. The van der Waals surface area contributed by atoms with Crippen LogP contribution in [0.5, 0.6) is 0 Å². The average molecular weight is 409 g/mol. The Labute approximate surface area is 173 Å². The lowest BCUT2D eigenvalue weighted by Gasteiger charge is -2.42. The first-order chi connectivity index (χ1) is 12.7. The maximum Gasteiger partial charge on any atom is 0.192 e. The standard InChI is InChI=1S/C23H40O4Si/c1-11-14-15-16-23(24,13-3)17-19(27-28(9,10)21(4,5)6)20-18(12-2)25-22(7,8)26-20/h3,11-12,18-20,24H,1-2,14-17H2,4-10H3/t18-,19+,20-,23+/m1/s1. The van der Waals surface area contributed by atoms with E-state index >= 15 is 0 Å². The van der Waals surface area contributed by atoms with Crippen LogP contribution in [0.2, 0.25) is 18.1 Å². The molecular weight excluding hydrogens is 368 g/mol. The van der Waals surface area contributed by atoms with Gasteiger partial charge in [-0.15, -0.1) is 19.6 Å². The molecule has 0 aliphatic carbocycles. The van der Waals surface area contributed by atoms with Gasteiger partial charge in [0.05, 0.1) is 6.10 Å². The van der Waals surface area contributed by atoms with Gasteiger partial charge in [0.2, 0.25) is 0 Å². The van der Waals surface area contributed by atoms with Gasteiger partial charge in [0.25, 0.3) is 0 Å². The van der Waals surface area contributed by atoms with Gasteiger partial charge in [-0.1, -0.05) is 38.8 Å². The van der Waals surface area contributed by atoms with E-state index in [0.29, 0.717) is 12.8 Å². The molecule has 0 aromatic rings. The second-order valence-electron chi connectivity index (χ2n) is 9.78. The molecule has 1 heterocycles. The highest BCUT2D eigenvalue weighted by Gasteiger charge is 2.49. The van der Waals surface area contributed by atoms with E-state index in [0.717, 1.165) is 12.8 Å². The minimum absolute atomic E-state index is 0.0149. The Morgan fingerprint density at radius 3 is 2.36 bits per heavy atom. The lowest BCUT2D eigenvalue weighted by atomic mass is 9.88. The Balaban J connectivity index is 3.19.